The van der Waals surface area contributed by atoms with Gasteiger partial charge in [-0.25, -0.2) is 0 Å². The quantitative estimate of drug-likeness (QED) is 0.785. The van der Waals surface area contributed by atoms with Crippen LogP contribution in [0.25, 0.3) is 11.0 Å². The normalized spacial score (nSPS) is 17.0. The number of nitrogens with one attached hydrogen (secondary N) is 1. The Hall–Kier alpha value is -3.15. The van der Waals surface area contributed by atoms with Crippen molar-refractivity contribution in [2.75, 3.05) is 11.9 Å². The highest BCUT2D eigenvalue weighted by Gasteiger charge is 2.34. The summed E-state index contributed by atoms with van der Waals surface area (Å²) in [5, 5.41) is 3.87. The van der Waals surface area contributed by atoms with Crippen LogP contribution in [0.3, 0.4) is 0 Å². The number of carbonyl (C=O) groups is 2. The van der Waals surface area contributed by atoms with Gasteiger partial charge in [-0.3, -0.25) is 14.6 Å². The van der Waals surface area contributed by atoms with Crippen LogP contribution >= 0.6 is 0 Å². The molecule has 6 heteroatoms. The lowest BCUT2D eigenvalue weighted by atomic mass is 10.1. The average molecular weight is 349 g/mol. The molecular formula is C20H19N3O3. The molecule has 132 valence electrons. The summed E-state index contributed by atoms with van der Waals surface area (Å²) in [5.41, 5.74) is 2.51. The molecule has 3 heterocycles. The number of nitrogens with zero attached hydrogens (tertiary/aromatic N) is 2. The second kappa shape index (κ2) is 6.63. The Labute approximate surface area is 150 Å². The standard InChI is InChI=1S/C20H19N3O3/c1-13-8-15-9-17(2-3-18(15)26-13)22-20(25)16-10-19(24)23(12-16)11-14-4-6-21-7-5-14/h2-9,16H,10-12H2,1H3,(H,22,25). The van der Waals surface area contributed by atoms with Gasteiger partial charge >= 0.3 is 0 Å². The number of likely N-dealkylation sites (tertiary alicyclic amines) is 1. The lowest BCUT2D eigenvalue weighted by Crippen LogP contribution is -2.28. The third-order valence-electron chi connectivity index (χ3n) is 4.62. The third kappa shape index (κ3) is 3.31. The van der Waals surface area contributed by atoms with E-state index >= 15 is 0 Å². The van der Waals surface area contributed by atoms with Crippen molar-refractivity contribution in [3.8, 4) is 0 Å². The maximum absolute atomic E-state index is 12.6. The Morgan fingerprint density at radius 2 is 2.08 bits per heavy atom. The van der Waals surface area contributed by atoms with Gasteiger partial charge in [-0.2, -0.15) is 0 Å². The van der Waals surface area contributed by atoms with Crippen LogP contribution in [0.5, 0.6) is 0 Å². The largest absolute Gasteiger partial charge is 0.461 e. The molecule has 1 aliphatic rings. The van der Waals surface area contributed by atoms with Crippen molar-refractivity contribution in [2.24, 2.45) is 5.92 Å². The van der Waals surface area contributed by atoms with E-state index in [4.69, 9.17) is 4.42 Å². The molecule has 2 aromatic heterocycles. The molecule has 2 amide bonds. The fourth-order valence-electron chi connectivity index (χ4n) is 3.31. The summed E-state index contributed by atoms with van der Waals surface area (Å²) in [5.74, 6) is 0.362. The van der Waals surface area contributed by atoms with E-state index in [-0.39, 0.29) is 24.2 Å². The van der Waals surface area contributed by atoms with E-state index in [9.17, 15) is 9.59 Å². The topological polar surface area (TPSA) is 75.4 Å². The Bertz CT molecular complexity index is 965. The molecule has 26 heavy (non-hydrogen) atoms. The van der Waals surface area contributed by atoms with E-state index in [1.165, 1.54) is 0 Å². The minimum Gasteiger partial charge on any atom is -0.461 e. The summed E-state index contributed by atoms with van der Waals surface area (Å²) in [6, 6.07) is 11.2. The van der Waals surface area contributed by atoms with Crippen molar-refractivity contribution < 1.29 is 14.0 Å². The van der Waals surface area contributed by atoms with E-state index < -0.39 is 0 Å². The van der Waals surface area contributed by atoms with Crippen LogP contribution in [-0.2, 0) is 16.1 Å². The molecule has 0 spiro atoms. The molecular weight excluding hydrogens is 330 g/mol. The molecule has 0 aliphatic carbocycles. The second-order valence-corrected chi connectivity index (χ2v) is 6.63. The van der Waals surface area contributed by atoms with Gasteiger partial charge in [-0.1, -0.05) is 0 Å². The number of pyridine rings is 1. The molecule has 1 saturated heterocycles. The van der Waals surface area contributed by atoms with Gasteiger partial charge in [0.15, 0.2) is 0 Å². The van der Waals surface area contributed by atoms with E-state index in [0.29, 0.717) is 18.8 Å². The zero-order valence-corrected chi connectivity index (χ0v) is 14.4. The van der Waals surface area contributed by atoms with Crippen LogP contribution in [0.15, 0.2) is 53.2 Å². The monoisotopic (exact) mass is 349 g/mol. The molecule has 0 bridgehead atoms. The number of anilines is 1. The van der Waals surface area contributed by atoms with Gasteiger partial charge in [0.25, 0.3) is 0 Å². The predicted molar refractivity (Wildman–Crippen MR) is 97.3 cm³/mol. The number of rotatable bonds is 4. The van der Waals surface area contributed by atoms with Crippen molar-refractivity contribution in [3.63, 3.8) is 0 Å². The van der Waals surface area contributed by atoms with Crippen molar-refractivity contribution in [1.29, 1.82) is 0 Å². The molecule has 6 nitrogen and oxygen atoms in total. The summed E-state index contributed by atoms with van der Waals surface area (Å²) in [6.45, 7) is 2.82. The van der Waals surface area contributed by atoms with Gasteiger partial charge in [-0.05, 0) is 48.9 Å². The molecule has 4 rings (SSSR count). The van der Waals surface area contributed by atoms with E-state index in [1.54, 1.807) is 17.3 Å². The number of amides is 2. The number of fused-ring (bicyclic) bond motifs is 1. The van der Waals surface area contributed by atoms with Gasteiger partial charge in [0, 0.05) is 43.0 Å². The van der Waals surface area contributed by atoms with Crippen molar-refractivity contribution in [3.05, 3.63) is 60.1 Å². The highest BCUT2D eigenvalue weighted by molar-refractivity contribution is 5.98. The smallest absolute Gasteiger partial charge is 0.229 e. The lowest BCUT2D eigenvalue weighted by Gasteiger charge is -2.16. The molecule has 1 N–H and O–H groups in total. The Morgan fingerprint density at radius 1 is 1.27 bits per heavy atom. The van der Waals surface area contributed by atoms with E-state index in [2.05, 4.69) is 10.3 Å². The number of hydrogen-bond donors (Lipinski definition) is 1. The summed E-state index contributed by atoms with van der Waals surface area (Å²) in [4.78, 5) is 30.5. The van der Waals surface area contributed by atoms with E-state index in [1.807, 2.05) is 43.3 Å². The minimum absolute atomic E-state index is 0.00266. The van der Waals surface area contributed by atoms with Crippen LogP contribution in [0.1, 0.15) is 17.7 Å². The molecule has 1 aliphatic heterocycles. The number of furan rings is 1. The lowest BCUT2D eigenvalue weighted by molar-refractivity contribution is -0.128. The number of hydrogen-bond acceptors (Lipinski definition) is 4. The van der Waals surface area contributed by atoms with Gasteiger partial charge < -0.3 is 14.6 Å². The van der Waals surface area contributed by atoms with Gasteiger partial charge in [0.2, 0.25) is 11.8 Å². The molecule has 1 fully saturated rings. The second-order valence-electron chi connectivity index (χ2n) is 6.63. The van der Waals surface area contributed by atoms with Crippen molar-refractivity contribution in [2.45, 2.75) is 19.9 Å². The zero-order valence-electron chi connectivity index (χ0n) is 14.4. The maximum atomic E-state index is 12.6. The number of carbonyl (C=O) groups excluding carboxylic acids is 2. The first kappa shape index (κ1) is 16.3. The third-order valence-corrected chi connectivity index (χ3v) is 4.62. The number of aromatic nitrogens is 1. The zero-order chi connectivity index (χ0) is 18.1. The van der Waals surface area contributed by atoms with Gasteiger partial charge in [0.1, 0.15) is 11.3 Å². The van der Waals surface area contributed by atoms with Crippen LogP contribution in [0.4, 0.5) is 5.69 Å². The number of aryl methyl sites for hydroxylation is 1. The fourth-order valence-corrected chi connectivity index (χ4v) is 3.31. The molecule has 0 radical (unpaired) electrons. The molecule has 0 saturated carbocycles. The molecule has 1 aromatic carbocycles. The summed E-state index contributed by atoms with van der Waals surface area (Å²) < 4.78 is 5.54. The van der Waals surface area contributed by atoms with Crippen LogP contribution in [0, 0.1) is 12.8 Å². The fraction of sp³-hybridized carbons (Fsp3) is 0.250. The molecule has 3 aromatic rings. The van der Waals surface area contributed by atoms with Crippen LogP contribution in [0.2, 0.25) is 0 Å². The van der Waals surface area contributed by atoms with Crippen LogP contribution in [-0.4, -0.2) is 28.2 Å². The average Bonchev–Trinajstić information content (AvgIpc) is 3.17. The van der Waals surface area contributed by atoms with Crippen LogP contribution < -0.4 is 5.32 Å². The summed E-state index contributed by atoms with van der Waals surface area (Å²) in [7, 11) is 0. The Balaban J connectivity index is 1.42. The van der Waals surface area contributed by atoms with Crippen molar-refractivity contribution in [1.82, 2.24) is 9.88 Å². The maximum Gasteiger partial charge on any atom is 0.229 e. The first-order valence-electron chi connectivity index (χ1n) is 8.56. The SMILES string of the molecule is Cc1cc2cc(NC(=O)C3CC(=O)N(Cc4ccncc4)C3)ccc2o1. The molecule has 1 unspecified atom stereocenters. The Morgan fingerprint density at radius 3 is 2.88 bits per heavy atom. The highest BCUT2D eigenvalue weighted by Crippen LogP contribution is 2.25. The van der Waals surface area contributed by atoms with Gasteiger partial charge in [0.05, 0.1) is 5.92 Å². The summed E-state index contributed by atoms with van der Waals surface area (Å²) >= 11 is 0. The van der Waals surface area contributed by atoms with Crippen molar-refractivity contribution >= 4 is 28.5 Å². The van der Waals surface area contributed by atoms with Gasteiger partial charge in [-0.15, -0.1) is 0 Å². The predicted octanol–water partition coefficient (Wildman–Crippen LogP) is 3.12. The molecule has 1 atom stereocenters. The first-order chi connectivity index (χ1) is 12.6. The summed E-state index contributed by atoms with van der Waals surface area (Å²) in [6.07, 6.45) is 3.64. The first-order valence-corrected chi connectivity index (χ1v) is 8.56. The highest BCUT2D eigenvalue weighted by atomic mass is 16.3. The van der Waals surface area contributed by atoms with E-state index in [0.717, 1.165) is 22.3 Å². The minimum atomic E-state index is -0.342. The Kier molecular flexibility index (Phi) is 4.16. The number of benzene rings is 1.